The highest BCUT2D eigenvalue weighted by Crippen LogP contribution is 2.25. The van der Waals surface area contributed by atoms with Gasteiger partial charge in [0.2, 0.25) is 0 Å². The first-order chi connectivity index (χ1) is 11.9. The molecular weight excluding hydrogens is 349 g/mol. The van der Waals surface area contributed by atoms with E-state index in [0.29, 0.717) is 17.1 Å². The van der Waals surface area contributed by atoms with Gasteiger partial charge in [-0.2, -0.15) is 5.10 Å². The number of aliphatic hydroxyl groups is 1. The lowest BCUT2D eigenvalue weighted by Gasteiger charge is -2.14. The van der Waals surface area contributed by atoms with Crippen molar-refractivity contribution in [3.8, 4) is 23.0 Å². The standard InChI is InChI=1S/C16H15ClFN5O2/c1-9(19)16(24)23-5-4-14(22-23)13-3-2-11(8-20-13)25-15-12(18)6-10(17)7-21-15/h2-9,16,24H,19H2,1H3/t9?,16-/m0/s1. The Labute approximate surface area is 147 Å². The zero-order valence-electron chi connectivity index (χ0n) is 13.2. The molecule has 0 saturated carbocycles. The molecule has 3 N–H and O–H groups in total. The van der Waals surface area contributed by atoms with Crippen LogP contribution in [0.1, 0.15) is 13.2 Å². The van der Waals surface area contributed by atoms with E-state index in [1.807, 2.05) is 0 Å². The van der Waals surface area contributed by atoms with Gasteiger partial charge in [-0.3, -0.25) is 4.98 Å². The molecule has 7 nitrogen and oxygen atoms in total. The van der Waals surface area contributed by atoms with E-state index in [2.05, 4.69) is 15.1 Å². The molecule has 0 amide bonds. The summed E-state index contributed by atoms with van der Waals surface area (Å²) in [4.78, 5) is 8.00. The molecule has 0 fully saturated rings. The van der Waals surface area contributed by atoms with Gasteiger partial charge in [-0.1, -0.05) is 11.6 Å². The Morgan fingerprint density at radius 3 is 2.68 bits per heavy atom. The number of hydrogen-bond donors (Lipinski definition) is 2. The van der Waals surface area contributed by atoms with Gasteiger partial charge in [-0.25, -0.2) is 14.1 Å². The van der Waals surface area contributed by atoms with Crippen molar-refractivity contribution in [1.82, 2.24) is 19.7 Å². The fourth-order valence-corrected chi connectivity index (χ4v) is 2.19. The minimum Gasteiger partial charge on any atom is -0.435 e. The number of ether oxygens (including phenoxy) is 1. The maximum atomic E-state index is 13.7. The molecule has 0 aliphatic rings. The molecule has 1 unspecified atom stereocenters. The van der Waals surface area contributed by atoms with Crippen LogP contribution in [-0.4, -0.2) is 30.9 Å². The SMILES string of the molecule is CC(N)[C@H](O)n1ccc(-c2ccc(Oc3ncc(Cl)cc3F)cn2)n1. The average Bonchev–Trinajstić information content (AvgIpc) is 3.07. The Morgan fingerprint density at radius 1 is 1.24 bits per heavy atom. The second-order valence-corrected chi connectivity index (χ2v) is 5.81. The van der Waals surface area contributed by atoms with Crippen LogP contribution >= 0.6 is 11.6 Å². The third kappa shape index (κ3) is 3.93. The Morgan fingerprint density at radius 2 is 2.04 bits per heavy atom. The van der Waals surface area contributed by atoms with Gasteiger partial charge >= 0.3 is 0 Å². The predicted molar refractivity (Wildman–Crippen MR) is 89.6 cm³/mol. The monoisotopic (exact) mass is 363 g/mol. The third-order valence-electron chi connectivity index (χ3n) is 3.34. The number of aromatic nitrogens is 4. The van der Waals surface area contributed by atoms with Crippen molar-refractivity contribution >= 4 is 11.6 Å². The lowest BCUT2D eigenvalue weighted by atomic mass is 10.3. The first-order valence-electron chi connectivity index (χ1n) is 7.38. The fourth-order valence-electron chi connectivity index (χ4n) is 2.04. The van der Waals surface area contributed by atoms with Gasteiger partial charge in [0.25, 0.3) is 5.88 Å². The van der Waals surface area contributed by atoms with E-state index >= 15 is 0 Å². The summed E-state index contributed by atoms with van der Waals surface area (Å²) in [6.45, 7) is 1.68. The first kappa shape index (κ1) is 17.3. The minimum absolute atomic E-state index is 0.183. The van der Waals surface area contributed by atoms with Crippen LogP contribution in [0, 0.1) is 5.82 Å². The van der Waals surface area contributed by atoms with Crippen molar-refractivity contribution in [2.24, 2.45) is 5.73 Å². The lowest BCUT2D eigenvalue weighted by molar-refractivity contribution is 0.0695. The third-order valence-corrected chi connectivity index (χ3v) is 3.54. The molecule has 3 aromatic heterocycles. The Kier molecular flexibility index (Phi) is 4.93. The molecule has 0 saturated heterocycles. The van der Waals surface area contributed by atoms with Crippen LogP contribution in [-0.2, 0) is 0 Å². The van der Waals surface area contributed by atoms with E-state index in [0.717, 1.165) is 6.07 Å². The molecule has 3 rings (SSSR count). The minimum atomic E-state index is -0.921. The Balaban J connectivity index is 1.76. The van der Waals surface area contributed by atoms with E-state index in [1.165, 1.54) is 17.1 Å². The van der Waals surface area contributed by atoms with Crippen LogP contribution in [0.5, 0.6) is 11.6 Å². The number of nitrogens with zero attached hydrogens (tertiary/aromatic N) is 4. The second-order valence-electron chi connectivity index (χ2n) is 5.38. The van der Waals surface area contributed by atoms with Crippen molar-refractivity contribution in [3.05, 3.63) is 53.7 Å². The van der Waals surface area contributed by atoms with Crippen molar-refractivity contribution in [2.45, 2.75) is 19.2 Å². The highest BCUT2D eigenvalue weighted by atomic mass is 35.5. The average molecular weight is 364 g/mol. The van der Waals surface area contributed by atoms with Gasteiger partial charge in [0.05, 0.1) is 16.9 Å². The van der Waals surface area contributed by atoms with Gasteiger partial charge < -0.3 is 15.6 Å². The number of rotatable bonds is 5. The van der Waals surface area contributed by atoms with Crippen LogP contribution in [0.3, 0.4) is 0 Å². The summed E-state index contributed by atoms with van der Waals surface area (Å²) >= 11 is 5.65. The lowest BCUT2D eigenvalue weighted by Crippen LogP contribution is -2.29. The van der Waals surface area contributed by atoms with Crippen LogP contribution < -0.4 is 10.5 Å². The first-order valence-corrected chi connectivity index (χ1v) is 7.76. The molecule has 0 aromatic carbocycles. The molecule has 0 aliphatic heterocycles. The molecule has 0 bridgehead atoms. The van der Waals surface area contributed by atoms with Gasteiger partial charge in [-0.15, -0.1) is 0 Å². The summed E-state index contributed by atoms with van der Waals surface area (Å²) in [6.07, 6.45) is 3.41. The molecule has 0 radical (unpaired) electrons. The molecule has 0 aliphatic carbocycles. The van der Waals surface area contributed by atoms with E-state index in [1.54, 1.807) is 31.3 Å². The summed E-state index contributed by atoms with van der Waals surface area (Å²) in [5.74, 6) is -0.545. The highest BCUT2D eigenvalue weighted by molar-refractivity contribution is 6.30. The molecule has 130 valence electrons. The smallest absolute Gasteiger partial charge is 0.256 e. The normalized spacial score (nSPS) is 13.5. The van der Waals surface area contributed by atoms with Crippen LogP contribution in [0.25, 0.3) is 11.4 Å². The van der Waals surface area contributed by atoms with Gasteiger partial charge in [0, 0.05) is 18.4 Å². The van der Waals surface area contributed by atoms with Crippen molar-refractivity contribution in [2.75, 3.05) is 0 Å². The molecule has 2 atom stereocenters. The maximum Gasteiger partial charge on any atom is 0.256 e. The Bertz CT molecular complexity index is 869. The highest BCUT2D eigenvalue weighted by Gasteiger charge is 2.14. The Hall–Kier alpha value is -2.55. The van der Waals surface area contributed by atoms with E-state index in [9.17, 15) is 9.50 Å². The largest absolute Gasteiger partial charge is 0.435 e. The zero-order valence-corrected chi connectivity index (χ0v) is 13.9. The van der Waals surface area contributed by atoms with Gasteiger partial charge in [0.15, 0.2) is 12.0 Å². The van der Waals surface area contributed by atoms with Crippen LogP contribution in [0.15, 0.2) is 42.9 Å². The zero-order chi connectivity index (χ0) is 18.0. The summed E-state index contributed by atoms with van der Waals surface area (Å²) < 4.78 is 20.4. The quantitative estimate of drug-likeness (QED) is 0.723. The maximum absolute atomic E-state index is 13.7. The summed E-state index contributed by atoms with van der Waals surface area (Å²) in [5.41, 5.74) is 6.76. The van der Waals surface area contributed by atoms with Crippen LogP contribution in [0.4, 0.5) is 4.39 Å². The number of aliphatic hydroxyl groups excluding tert-OH is 1. The summed E-state index contributed by atoms with van der Waals surface area (Å²) in [5, 5.41) is 14.3. The molecule has 9 heteroatoms. The number of nitrogens with two attached hydrogens (primary N) is 1. The number of halogens is 2. The van der Waals surface area contributed by atoms with E-state index in [4.69, 9.17) is 22.1 Å². The van der Waals surface area contributed by atoms with Gasteiger partial charge in [0.1, 0.15) is 11.4 Å². The molecule has 0 spiro atoms. The van der Waals surface area contributed by atoms with Crippen LogP contribution in [0.2, 0.25) is 5.02 Å². The summed E-state index contributed by atoms with van der Waals surface area (Å²) in [7, 11) is 0. The topological polar surface area (TPSA) is 99.1 Å². The van der Waals surface area contributed by atoms with E-state index in [-0.39, 0.29) is 10.9 Å². The molecular formula is C16H15ClFN5O2. The molecule has 25 heavy (non-hydrogen) atoms. The van der Waals surface area contributed by atoms with Gasteiger partial charge in [-0.05, 0) is 31.2 Å². The number of hydrogen-bond acceptors (Lipinski definition) is 6. The summed E-state index contributed by atoms with van der Waals surface area (Å²) in [6, 6.07) is 5.63. The second kappa shape index (κ2) is 7.14. The van der Waals surface area contributed by atoms with Crippen molar-refractivity contribution < 1.29 is 14.2 Å². The van der Waals surface area contributed by atoms with Crippen molar-refractivity contribution in [1.29, 1.82) is 0 Å². The van der Waals surface area contributed by atoms with Crippen molar-refractivity contribution in [3.63, 3.8) is 0 Å². The number of pyridine rings is 2. The fraction of sp³-hybridized carbons (Fsp3) is 0.188. The molecule has 3 heterocycles. The van der Waals surface area contributed by atoms with E-state index < -0.39 is 18.1 Å². The predicted octanol–water partition coefficient (Wildman–Crippen LogP) is 2.76. The molecule has 3 aromatic rings.